The normalized spacial score (nSPS) is 34.7. The monoisotopic (exact) mass is 503 g/mol. The second-order valence-corrected chi connectivity index (χ2v) is 11.3. The lowest BCUT2D eigenvalue weighted by Crippen LogP contribution is -2.77. The van der Waals surface area contributed by atoms with Crippen LogP contribution < -0.4 is 9.47 Å². The fraction of sp³-hybridized carbons (Fsp3) is 0.786. The molecule has 3 fully saturated rings. The number of rotatable bonds is 12. The molecule has 3 aliphatic carbocycles. The molecule has 2 aliphatic heterocycles. The maximum absolute atomic E-state index is 12.4. The van der Waals surface area contributed by atoms with Crippen LogP contribution in [-0.2, 0) is 26.0 Å². The molecule has 0 radical (unpaired) electrons. The Morgan fingerprint density at radius 2 is 1.81 bits per heavy atom. The van der Waals surface area contributed by atoms with Crippen LogP contribution in [0.25, 0.3) is 0 Å². The summed E-state index contributed by atoms with van der Waals surface area (Å²) in [6.45, 7) is 5.04. The van der Waals surface area contributed by atoms with E-state index in [4.69, 9.17) is 23.7 Å². The minimum absolute atomic E-state index is 0.0789. The Morgan fingerprint density at radius 1 is 1.03 bits per heavy atom. The molecule has 8 nitrogen and oxygen atoms in total. The van der Waals surface area contributed by atoms with Gasteiger partial charge in [-0.2, -0.15) is 0 Å². The molecule has 0 aromatic heterocycles. The minimum atomic E-state index is -0.887. The summed E-state index contributed by atoms with van der Waals surface area (Å²) in [6, 6.07) is 4.24. The van der Waals surface area contributed by atoms with Crippen molar-refractivity contribution < 1.29 is 33.9 Å². The number of benzene rings is 1. The summed E-state index contributed by atoms with van der Waals surface area (Å²) in [5, 5.41) is 23.5. The van der Waals surface area contributed by atoms with Crippen LogP contribution in [0.5, 0.6) is 11.5 Å². The van der Waals surface area contributed by atoms with Crippen molar-refractivity contribution in [1.82, 2.24) is 4.90 Å². The number of methoxy groups -OCH3 is 1. The van der Waals surface area contributed by atoms with Crippen molar-refractivity contribution in [1.29, 1.82) is 0 Å². The van der Waals surface area contributed by atoms with Gasteiger partial charge in [0.05, 0.1) is 50.2 Å². The molecule has 5 aliphatic rings. The number of ether oxygens (including phenoxy) is 5. The van der Waals surface area contributed by atoms with Gasteiger partial charge in [-0.1, -0.05) is 12.5 Å². The molecule has 6 rings (SSSR count). The highest BCUT2D eigenvalue weighted by molar-refractivity contribution is 5.63. The smallest absolute Gasteiger partial charge is 0.166 e. The number of aliphatic hydroxyl groups excluding tert-OH is 1. The quantitative estimate of drug-likeness (QED) is 0.419. The Balaban J connectivity index is 1.19. The first kappa shape index (κ1) is 24.9. The summed E-state index contributed by atoms with van der Waals surface area (Å²) < 4.78 is 28.7. The SMILES string of the molecule is COCCOCCOCCOc1ccc2c3c1O[C@H]1C(O)CC[C@@]4(O)[C@@H](C2)N(CC2CCC2)CC[C@]314. The van der Waals surface area contributed by atoms with E-state index < -0.39 is 23.2 Å². The van der Waals surface area contributed by atoms with E-state index >= 15 is 0 Å². The number of piperidine rings is 1. The number of aliphatic hydroxyl groups is 2. The second kappa shape index (κ2) is 10.0. The lowest BCUT2D eigenvalue weighted by atomic mass is 9.48. The molecule has 1 aromatic carbocycles. The van der Waals surface area contributed by atoms with Crippen LogP contribution >= 0.6 is 0 Å². The maximum Gasteiger partial charge on any atom is 0.166 e. The molecule has 2 N–H and O–H groups in total. The van der Waals surface area contributed by atoms with Crippen molar-refractivity contribution in [3.63, 3.8) is 0 Å². The Bertz CT molecular complexity index is 939. The molecule has 1 unspecified atom stereocenters. The first-order valence-electron chi connectivity index (χ1n) is 13.8. The highest BCUT2D eigenvalue weighted by atomic mass is 16.6. The summed E-state index contributed by atoms with van der Waals surface area (Å²) in [7, 11) is 1.65. The predicted molar refractivity (Wildman–Crippen MR) is 133 cm³/mol. The molecule has 1 saturated heterocycles. The third-order valence-corrected chi connectivity index (χ3v) is 9.53. The fourth-order valence-corrected chi connectivity index (χ4v) is 7.61. The average molecular weight is 504 g/mol. The van der Waals surface area contributed by atoms with Crippen LogP contribution in [0.1, 0.15) is 49.7 Å². The van der Waals surface area contributed by atoms with Gasteiger partial charge in [0.2, 0.25) is 0 Å². The van der Waals surface area contributed by atoms with Gasteiger partial charge in [0.15, 0.2) is 11.5 Å². The van der Waals surface area contributed by atoms with Crippen LogP contribution in [0.3, 0.4) is 0 Å². The van der Waals surface area contributed by atoms with Gasteiger partial charge in [0, 0.05) is 25.3 Å². The van der Waals surface area contributed by atoms with E-state index in [-0.39, 0.29) is 6.04 Å². The van der Waals surface area contributed by atoms with E-state index in [2.05, 4.69) is 11.0 Å². The van der Waals surface area contributed by atoms with Crippen LogP contribution in [-0.4, -0.2) is 98.8 Å². The number of hydrogen-bond acceptors (Lipinski definition) is 8. The van der Waals surface area contributed by atoms with E-state index in [1.165, 1.54) is 24.8 Å². The Morgan fingerprint density at radius 3 is 2.56 bits per heavy atom. The van der Waals surface area contributed by atoms with Gasteiger partial charge < -0.3 is 33.9 Å². The van der Waals surface area contributed by atoms with Crippen molar-refractivity contribution in [3.8, 4) is 11.5 Å². The molecule has 2 heterocycles. The van der Waals surface area contributed by atoms with Gasteiger partial charge in [0.1, 0.15) is 12.7 Å². The fourth-order valence-electron chi connectivity index (χ4n) is 7.61. The largest absolute Gasteiger partial charge is 0.487 e. The lowest BCUT2D eigenvalue weighted by Gasteiger charge is -2.64. The van der Waals surface area contributed by atoms with E-state index in [0.717, 1.165) is 43.2 Å². The zero-order valence-corrected chi connectivity index (χ0v) is 21.5. The average Bonchev–Trinajstić information content (AvgIpc) is 3.20. The Labute approximate surface area is 213 Å². The van der Waals surface area contributed by atoms with Gasteiger partial charge in [0.25, 0.3) is 0 Å². The number of hydrogen-bond donors (Lipinski definition) is 2. The molecule has 36 heavy (non-hydrogen) atoms. The summed E-state index contributed by atoms with van der Waals surface area (Å²) >= 11 is 0. The first-order chi connectivity index (χ1) is 17.6. The lowest BCUT2D eigenvalue weighted by molar-refractivity contribution is -0.209. The van der Waals surface area contributed by atoms with E-state index in [1.807, 2.05) is 6.07 Å². The predicted octanol–water partition coefficient (Wildman–Crippen LogP) is 2.06. The van der Waals surface area contributed by atoms with Crippen LogP contribution in [0.15, 0.2) is 12.1 Å². The van der Waals surface area contributed by atoms with Gasteiger partial charge in [-0.15, -0.1) is 0 Å². The number of nitrogens with zero attached hydrogens (tertiary/aromatic N) is 1. The van der Waals surface area contributed by atoms with Gasteiger partial charge in [-0.05, 0) is 62.6 Å². The van der Waals surface area contributed by atoms with Crippen molar-refractivity contribution >= 4 is 0 Å². The molecule has 1 aromatic rings. The summed E-state index contributed by atoms with van der Waals surface area (Å²) in [6.07, 6.45) is 5.76. The standard InChI is InChI=1S/C28H41NO7/c1-32-11-12-33-13-14-34-15-16-35-22-6-5-20-17-23-28(31)8-7-21(30)26-27(28,24(20)25(22)36-26)9-10-29(23)18-19-3-2-4-19/h5-6,19,21,23,26,30-31H,2-4,7-18H2,1H3/t21?,23-,26+,27+,28-/m1/s1. The van der Waals surface area contributed by atoms with Crippen molar-refractivity contribution in [2.75, 3.05) is 59.8 Å². The van der Waals surface area contributed by atoms with Crippen molar-refractivity contribution in [2.24, 2.45) is 5.92 Å². The summed E-state index contributed by atoms with van der Waals surface area (Å²) in [5.41, 5.74) is 0.885. The number of likely N-dealkylation sites (tertiary alicyclic amines) is 1. The van der Waals surface area contributed by atoms with Crippen LogP contribution in [0.4, 0.5) is 0 Å². The van der Waals surface area contributed by atoms with Gasteiger partial charge >= 0.3 is 0 Å². The molecular weight excluding hydrogens is 462 g/mol. The molecule has 0 amide bonds. The molecule has 1 spiro atoms. The highest BCUT2D eigenvalue weighted by Crippen LogP contribution is 2.65. The molecule has 200 valence electrons. The molecule has 2 saturated carbocycles. The Kier molecular flexibility index (Phi) is 6.94. The zero-order chi connectivity index (χ0) is 24.8. The van der Waals surface area contributed by atoms with E-state index in [0.29, 0.717) is 58.2 Å². The highest BCUT2D eigenvalue weighted by Gasteiger charge is 2.72. The van der Waals surface area contributed by atoms with Crippen molar-refractivity contribution in [2.45, 2.75) is 74.2 Å². The first-order valence-corrected chi connectivity index (χ1v) is 13.8. The second-order valence-electron chi connectivity index (χ2n) is 11.3. The van der Waals surface area contributed by atoms with Crippen molar-refractivity contribution in [3.05, 3.63) is 23.3 Å². The molecular formula is C28H41NO7. The third-order valence-electron chi connectivity index (χ3n) is 9.53. The van der Waals surface area contributed by atoms with E-state index in [1.54, 1.807) is 7.11 Å². The third kappa shape index (κ3) is 3.87. The summed E-state index contributed by atoms with van der Waals surface area (Å²) in [5.74, 6) is 2.17. The zero-order valence-electron chi connectivity index (χ0n) is 21.5. The van der Waals surface area contributed by atoms with E-state index in [9.17, 15) is 10.2 Å². The molecule has 8 heteroatoms. The van der Waals surface area contributed by atoms with Gasteiger partial charge in [-0.25, -0.2) is 0 Å². The summed E-state index contributed by atoms with van der Waals surface area (Å²) in [4.78, 5) is 2.56. The molecule has 5 atom stereocenters. The topological polar surface area (TPSA) is 89.9 Å². The maximum atomic E-state index is 12.4. The Hall–Kier alpha value is -1.42. The van der Waals surface area contributed by atoms with Crippen LogP contribution in [0.2, 0.25) is 0 Å². The molecule has 2 bridgehead atoms. The van der Waals surface area contributed by atoms with Gasteiger partial charge in [-0.3, -0.25) is 4.90 Å². The minimum Gasteiger partial charge on any atom is -0.487 e. The van der Waals surface area contributed by atoms with Crippen LogP contribution in [0, 0.1) is 5.92 Å².